The van der Waals surface area contributed by atoms with E-state index in [9.17, 15) is 78.3 Å². The summed E-state index contributed by atoms with van der Waals surface area (Å²) in [7, 11) is 0. The Morgan fingerprint density at radius 3 is 1.60 bits per heavy atom. The predicted molar refractivity (Wildman–Crippen MR) is 342 cm³/mol. The van der Waals surface area contributed by atoms with E-state index >= 15 is 0 Å². The Morgan fingerprint density at radius 2 is 1.04 bits per heavy atom. The fraction of sp³-hybridized carbons (Fsp3) is 0.531. The molecule has 2 aliphatic rings. The molecule has 1 aliphatic carbocycles. The summed E-state index contributed by atoms with van der Waals surface area (Å²) >= 11 is 0. The second kappa shape index (κ2) is 46.9. The first-order chi connectivity index (χ1) is 45.3. The summed E-state index contributed by atoms with van der Waals surface area (Å²) < 4.78 is 0. The molecule has 1 heterocycles. The topological polar surface area (TPSA) is 511 Å². The number of carbonyl (C=O) groups excluding carboxylic acids is 8. The maximum atomic E-state index is 13.8. The number of carbonyl (C=O) groups is 14. The molecule has 530 valence electrons. The number of anilines is 1. The van der Waals surface area contributed by atoms with Gasteiger partial charge in [-0.15, -0.1) is 0 Å². The summed E-state index contributed by atoms with van der Waals surface area (Å²) in [6.45, 7) is 3.98. The molecule has 0 aromatic heterocycles. The quantitative estimate of drug-likeness (QED) is 0.0239. The van der Waals surface area contributed by atoms with E-state index in [0.717, 1.165) is 42.7 Å². The van der Waals surface area contributed by atoms with Gasteiger partial charge in [-0.1, -0.05) is 54.6 Å². The summed E-state index contributed by atoms with van der Waals surface area (Å²) in [4.78, 5) is 167. The summed E-state index contributed by atoms with van der Waals surface area (Å²) in [5.41, 5.74) is 2.19. The number of urea groups is 1. The molecule has 32 nitrogen and oxygen atoms in total. The van der Waals surface area contributed by atoms with Crippen LogP contribution in [0.25, 0.3) is 10.8 Å². The minimum atomic E-state index is -1.55. The van der Waals surface area contributed by atoms with Crippen LogP contribution in [0.1, 0.15) is 115 Å². The van der Waals surface area contributed by atoms with Gasteiger partial charge in [0, 0.05) is 107 Å². The molecule has 0 bridgehead atoms. The van der Waals surface area contributed by atoms with E-state index in [2.05, 4.69) is 31.9 Å². The zero-order chi connectivity index (χ0) is 71.9. The first kappa shape index (κ1) is 85.8. The Hall–Kier alpha value is -9.18. The molecule has 12 N–H and O–H groups in total. The number of amides is 6. The first-order valence-corrected chi connectivity index (χ1v) is 31.1. The van der Waals surface area contributed by atoms with Crippen LogP contribution < -0.4 is 47.2 Å². The standard InChI is InChI=1S/C58H79N9O17.3C2H4O2.Ga/c68-48(10-3-4-11-49(69)61-43-20-15-37(16-21-43)30-44-33-66(35-52(74)75)26-25-65(34-51(72)73)27-28-67(44)36-53(76)77)60-32-38-12-18-41(19-13-38)54(78)62-47(31-39-14-17-40-7-1-2-8-42(40)29-39)55(79)59-24-6-5-9-45(56(80)81)63-58(84)64-46(57(82)83)22-23-50(70)71;3*1-2(3)4;/h1-2,7-8,14-17,20-21,29,38,41,44-47H,3-6,9-13,18-19,22-28,30-36H2,(H,59,79)(H,60,68)(H,61,69)(H,62,78)(H,70,71)(H,72,73)(H,74,75)(H,76,77)(H,80,81)(H,82,83)(H2,63,64,84);3*1H3,(H,3,4);/q;;;;+3/p-3/t38?,41?,44?,45-,46-,47?;;;;/m0..../s1. The molecule has 1 aliphatic heterocycles. The van der Waals surface area contributed by atoms with Crippen LogP contribution in [0, 0.1) is 11.8 Å². The number of nitrogens with one attached hydrogen (secondary N) is 6. The predicted octanol–water partition coefficient (Wildman–Crippen LogP) is -1.68. The van der Waals surface area contributed by atoms with Crippen LogP contribution in [0.5, 0.6) is 0 Å². The second-order valence-electron chi connectivity index (χ2n) is 23.0. The van der Waals surface area contributed by atoms with E-state index < -0.39 is 103 Å². The average molecular weight is 1420 g/mol. The van der Waals surface area contributed by atoms with Gasteiger partial charge in [0.15, 0.2) is 0 Å². The van der Waals surface area contributed by atoms with Crippen molar-refractivity contribution in [2.75, 3.05) is 70.8 Å². The molecule has 1 saturated carbocycles. The van der Waals surface area contributed by atoms with Crippen molar-refractivity contribution in [2.24, 2.45) is 11.8 Å². The van der Waals surface area contributed by atoms with Gasteiger partial charge in [0.05, 0.1) is 19.6 Å². The van der Waals surface area contributed by atoms with E-state index in [1.807, 2.05) is 54.6 Å². The monoisotopic (exact) mass is 1420 g/mol. The van der Waals surface area contributed by atoms with Crippen LogP contribution in [0.15, 0.2) is 66.7 Å². The van der Waals surface area contributed by atoms with Gasteiger partial charge in [0.2, 0.25) is 23.6 Å². The average Bonchev–Trinajstić information content (AvgIpc) is 1.45. The van der Waals surface area contributed by atoms with Crippen molar-refractivity contribution in [2.45, 2.75) is 141 Å². The zero-order valence-corrected chi connectivity index (χ0v) is 57.0. The van der Waals surface area contributed by atoms with Crippen molar-refractivity contribution in [3.63, 3.8) is 0 Å². The third kappa shape index (κ3) is 39.5. The second-order valence-corrected chi connectivity index (χ2v) is 23.0. The Bertz CT molecular complexity index is 3050. The molecule has 0 radical (unpaired) electrons. The Kier molecular flexibility index (Phi) is 41.5. The van der Waals surface area contributed by atoms with Gasteiger partial charge in [-0.25, -0.2) is 14.4 Å². The van der Waals surface area contributed by atoms with Crippen molar-refractivity contribution < 1.29 is 113 Å². The molecule has 4 atom stereocenters. The minimum Gasteiger partial charge on any atom is -0.550 e. The van der Waals surface area contributed by atoms with Crippen LogP contribution in [-0.2, 0) is 75.2 Å². The van der Waals surface area contributed by atoms with Crippen LogP contribution in [-0.4, -0.2) is 238 Å². The number of carboxylic acids is 9. The van der Waals surface area contributed by atoms with Crippen LogP contribution in [0.4, 0.5) is 10.5 Å². The minimum absolute atomic E-state index is 0. The third-order valence-electron chi connectivity index (χ3n) is 15.0. The molecule has 3 aromatic carbocycles. The van der Waals surface area contributed by atoms with Crippen molar-refractivity contribution in [1.82, 2.24) is 41.3 Å². The molecule has 33 heteroatoms. The summed E-state index contributed by atoms with van der Waals surface area (Å²) in [5.74, 6) is -11.9. The van der Waals surface area contributed by atoms with E-state index in [1.165, 1.54) is 0 Å². The summed E-state index contributed by atoms with van der Waals surface area (Å²) in [5, 5.41) is 101. The molecule has 2 fully saturated rings. The van der Waals surface area contributed by atoms with Crippen LogP contribution >= 0.6 is 0 Å². The summed E-state index contributed by atoms with van der Waals surface area (Å²) in [6.07, 6.45) is 3.84. The molecule has 0 spiro atoms. The number of fused-ring (bicyclic) bond motifs is 1. The number of unbranched alkanes of at least 4 members (excludes halogenated alkanes) is 2. The molecular weight excluding hydrogens is 1330 g/mol. The van der Waals surface area contributed by atoms with E-state index in [0.29, 0.717) is 70.1 Å². The maximum absolute atomic E-state index is 13.8. The Morgan fingerprint density at radius 1 is 0.526 bits per heavy atom. The van der Waals surface area contributed by atoms with Gasteiger partial charge in [0.1, 0.15) is 18.1 Å². The molecule has 5 rings (SSSR count). The van der Waals surface area contributed by atoms with Crippen LogP contribution in [0.3, 0.4) is 0 Å². The SMILES string of the molecule is CC(=O)[O-].CC(=O)[O-].CC(=O)[O-].O=C(O)CC[C@H](NC(=O)N[C@@H](CCCCNC(=O)C(Cc1ccc2ccccc2c1)NC(=O)C1CCC(CNC(=O)CCCCC(=O)Nc2ccc(CC3CN(CC(=O)O)CCN(CC(=O)O)CCN3CC(=O)O)cc2)CC1)C(=O)O)C(=O)O.[Ga+3]. The zero-order valence-electron chi connectivity index (χ0n) is 54.5. The van der Waals surface area contributed by atoms with Gasteiger partial charge in [-0.05, 0) is 131 Å². The Balaban J connectivity index is 0.00000333. The van der Waals surface area contributed by atoms with Gasteiger partial charge in [-0.3, -0.25) is 53.1 Å². The fourth-order valence-corrected chi connectivity index (χ4v) is 10.4. The number of aliphatic carboxylic acids is 9. The van der Waals surface area contributed by atoms with Gasteiger partial charge >= 0.3 is 61.6 Å². The number of nitrogens with zero attached hydrogens (tertiary/aromatic N) is 3. The molecular formula is C64H88GaN9O23. The summed E-state index contributed by atoms with van der Waals surface area (Å²) in [6, 6.07) is 15.2. The van der Waals surface area contributed by atoms with E-state index in [4.69, 9.17) is 34.8 Å². The van der Waals surface area contributed by atoms with Gasteiger partial charge < -0.3 is 92.2 Å². The largest absolute Gasteiger partial charge is 3.00 e. The van der Waals surface area contributed by atoms with E-state index in [1.54, 1.807) is 26.8 Å². The van der Waals surface area contributed by atoms with Gasteiger partial charge in [-0.2, -0.15) is 0 Å². The van der Waals surface area contributed by atoms with Crippen molar-refractivity contribution in [3.05, 3.63) is 77.9 Å². The normalized spacial score (nSPS) is 16.4. The molecule has 6 amide bonds. The van der Waals surface area contributed by atoms with E-state index in [-0.39, 0.29) is 134 Å². The fourth-order valence-electron chi connectivity index (χ4n) is 10.4. The first-order valence-electron chi connectivity index (χ1n) is 31.1. The van der Waals surface area contributed by atoms with Crippen molar-refractivity contribution >= 4 is 120 Å². The third-order valence-corrected chi connectivity index (χ3v) is 15.0. The number of carboxylic acid groups (broad SMARTS) is 9. The molecule has 3 aromatic rings. The van der Waals surface area contributed by atoms with Crippen LogP contribution in [0.2, 0.25) is 0 Å². The molecule has 97 heavy (non-hydrogen) atoms. The molecule has 1 saturated heterocycles. The number of hydrogen-bond acceptors (Lipinski definition) is 20. The van der Waals surface area contributed by atoms with Crippen molar-refractivity contribution in [3.8, 4) is 0 Å². The van der Waals surface area contributed by atoms with Crippen molar-refractivity contribution in [1.29, 1.82) is 0 Å². The Labute approximate surface area is 573 Å². The number of hydrogen-bond donors (Lipinski definition) is 12. The molecule has 2 unspecified atom stereocenters. The number of rotatable bonds is 33. The smallest absolute Gasteiger partial charge is 0.550 e. The van der Waals surface area contributed by atoms with Gasteiger partial charge in [0.25, 0.3) is 0 Å². The maximum Gasteiger partial charge on any atom is 3.00 e. The number of benzene rings is 3.